The van der Waals surface area contributed by atoms with E-state index < -0.39 is 0 Å². The van der Waals surface area contributed by atoms with E-state index in [4.69, 9.17) is 11.6 Å². The summed E-state index contributed by atoms with van der Waals surface area (Å²) in [5.41, 5.74) is 4.22. The van der Waals surface area contributed by atoms with E-state index in [1.54, 1.807) is 6.20 Å². The van der Waals surface area contributed by atoms with Gasteiger partial charge in [-0.15, -0.1) is 0 Å². The summed E-state index contributed by atoms with van der Waals surface area (Å²) in [4.78, 5) is 4.23. The highest BCUT2D eigenvalue weighted by Crippen LogP contribution is 2.48. The molecule has 0 amide bonds. The number of H-pyrrole nitrogens is 2. The molecule has 0 atom stereocenters. The highest BCUT2D eigenvalue weighted by molar-refractivity contribution is 6.29. The highest BCUT2D eigenvalue weighted by atomic mass is 35.5. The molecule has 1 fully saturated rings. The molecule has 4 rings (SSSR count). The highest BCUT2D eigenvalue weighted by Gasteiger charge is 2.42. The first-order chi connectivity index (χ1) is 10.3. The molecule has 0 saturated heterocycles. The smallest absolute Gasteiger partial charge is 0.129 e. The van der Waals surface area contributed by atoms with E-state index in [0.717, 1.165) is 29.8 Å². The van der Waals surface area contributed by atoms with E-state index >= 15 is 0 Å². The Kier molecular flexibility index (Phi) is 2.82. The van der Waals surface area contributed by atoms with Crippen molar-refractivity contribution in [1.29, 1.82) is 0 Å². The summed E-state index contributed by atoms with van der Waals surface area (Å²) < 4.78 is 0. The van der Waals surface area contributed by atoms with Crippen LogP contribution in [-0.4, -0.2) is 25.4 Å². The molecule has 0 spiro atoms. The van der Waals surface area contributed by atoms with Crippen LogP contribution < -0.4 is 0 Å². The van der Waals surface area contributed by atoms with Crippen LogP contribution in [0, 0.1) is 0 Å². The number of hydrogen-bond donors (Lipinski definition) is 2. The van der Waals surface area contributed by atoms with E-state index in [1.807, 2.05) is 18.5 Å². The van der Waals surface area contributed by atoms with Crippen molar-refractivity contribution in [2.45, 2.75) is 24.7 Å². The molecule has 1 aliphatic rings. The Morgan fingerprint density at radius 2 is 2.10 bits per heavy atom. The van der Waals surface area contributed by atoms with Crippen molar-refractivity contribution in [3.63, 3.8) is 0 Å². The third-order valence-corrected chi connectivity index (χ3v) is 4.60. The second-order valence-corrected chi connectivity index (χ2v) is 5.85. The SMILES string of the molecule is Clc1ccc(C2(c3cc(-c4cn[nH]c4)n[nH]3)CCC2)cn1. The van der Waals surface area contributed by atoms with Gasteiger partial charge < -0.3 is 0 Å². The third kappa shape index (κ3) is 1.96. The summed E-state index contributed by atoms with van der Waals surface area (Å²) >= 11 is 5.90. The van der Waals surface area contributed by atoms with Crippen molar-refractivity contribution in [1.82, 2.24) is 25.4 Å². The fraction of sp³-hybridized carbons (Fsp3) is 0.267. The number of aromatic amines is 2. The molecule has 0 radical (unpaired) electrons. The van der Waals surface area contributed by atoms with Gasteiger partial charge in [0, 0.05) is 29.1 Å². The standard InChI is InChI=1S/C15H14ClN5/c16-14-3-2-11(9-17-14)15(4-1-5-15)13-6-12(20-21-13)10-7-18-19-8-10/h2-3,6-9H,1,4-5H2,(H,18,19)(H,20,21). The van der Waals surface area contributed by atoms with Crippen molar-refractivity contribution in [2.24, 2.45) is 0 Å². The Hall–Kier alpha value is -2.14. The molecule has 2 N–H and O–H groups in total. The molecular formula is C15H14ClN5. The number of hydrogen-bond acceptors (Lipinski definition) is 3. The number of rotatable bonds is 3. The van der Waals surface area contributed by atoms with Crippen LogP contribution in [0.25, 0.3) is 11.3 Å². The lowest BCUT2D eigenvalue weighted by Gasteiger charge is -2.41. The van der Waals surface area contributed by atoms with Gasteiger partial charge in [0.25, 0.3) is 0 Å². The molecule has 3 aromatic rings. The minimum absolute atomic E-state index is 0.00737. The van der Waals surface area contributed by atoms with E-state index in [-0.39, 0.29) is 5.41 Å². The summed E-state index contributed by atoms with van der Waals surface area (Å²) in [5.74, 6) is 0. The average molecular weight is 300 g/mol. The summed E-state index contributed by atoms with van der Waals surface area (Å²) in [6.45, 7) is 0. The maximum atomic E-state index is 5.90. The van der Waals surface area contributed by atoms with Crippen molar-refractivity contribution in [3.05, 3.63) is 53.2 Å². The van der Waals surface area contributed by atoms with Crippen molar-refractivity contribution in [2.75, 3.05) is 0 Å². The number of nitrogens with zero attached hydrogens (tertiary/aromatic N) is 3. The fourth-order valence-electron chi connectivity index (χ4n) is 3.01. The Bertz CT molecular complexity index is 741. The lowest BCUT2D eigenvalue weighted by molar-refractivity contribution is 0.292. The van der Waals surface area contributed by atoms with Gasteiger partial charge in [-0.25, -0.2) is 4.98 Å². The zero-order valence-corrected chi connectivity index (χ0v) is 12.1. The third-order valence-electron chi connectivity index (χ3n) is 4.37. The van der Waals surface area contributed by atoms with Crippen LogP contribution in [-0.2, 0) is 5.41 Å². The zero-order valence-electron chi connectivity index (χ0n) is 11.3. The number of pyridine rings is 1. The van der Waals surface area contributed by atoms with Gasteiger partial charge in [0.05, 0.1) is 11.9 Å². The van der Waals surface area contributed by atoms with E-state index in [2.05, 4.69) is 37.5 Å². The summed E-state index contributed by atoms with van der Waals surface area (Å²) in [7, 11) is 0. The first-order valence-electron chi connectivity index (χ1n) is 6.95. The molecule has 3 heterocycles. The van der Waals surface area contributed by atoms with Crippen LogP contribution in [0.2, 0.25) is 5.15 Å². The van der Waals surface area contributed by atoms with E-state index in [9.17, 15) is 0 Å². The number of nitrogens with one attached hydrogen (secondary N) is 2. The normalized spacial score (nSPS) is 16.6. The van der Waals surface area contributed by atoms with Crippen LogP contribution in [0.1, 0.15) is 30.5 Å². The molecule has 1 saturated carbocycles. The molecule has 0 aliphatic heterocycles. The second-order valence-electron chi connectivity index (χ2n) is 5.46. The molecule has 21 heavy (non-hydrogen) atoms. The fourth-order valence-corrected chi connectivity index (χ4v) is 3.12. The molecular weight excluding hydrogens is 286 g/mol. The minimum Gasteiger partial charge on any atom is -0.285 e. The lowest BCUT2D eigenvalue weighted by atomic mass is 9.63. The average Bonchev–Trinajstić information content (AvgIpc) is 3.10. The molecule has 5 nitrogen and oxygen atoms in total. The van der Waals surface area contributed by atoms with E-state index in [0.29, 0.717) is 5.15 Å². The lowest BCUT2D eigenvalue weighted by Crippen LogP contribution is -2.36. The summed E-state index contributed by atoms with van der Waals surface area (Å²) in [6.07, 6.45) is 8.91. The molecule has 0 aromatic carbocycles. The van der Waals surface area contributed by atoms with Crippen LogP contribution in [0.4, 0.5) is 0 Å². The van der Waals surface area contributed by atoms with Gasteiger partial charge in [0.15, 0.2) is 0 Å². The second kappa shape index (κ2) is 4.70. The van der Waals surface area contributed by atoms with Gasteiger partial charge in [0.1, 0.15) is 5.15 Å². The minimum atomic E-state index is -0.00737. The first kappa shape index (κ1) is 12.6. The predicted octanol–water partition coefficient (Wildman–Crippen LogP) is 3.32. The maximum absolute atomic E-state index is 5.90. The molecule has 1 aliphatic carbocycles. The number of halogens is 1. The largest absolute Gasteiger partial charge is 0.285 e. The number of aromatic nitrogens is 5. The molecule has 106 valence electrons. The van der Waals surface area contributed by atoms with Crippen molar-refractivity contribution >= 4 is 11.6 Å². The van der Waals surface area contributed by atoms with Crippen LogP contribution in [0.5, 0.6) is 0 Å². The van der Waals surface area contributed by atoms with Gasteiger partial charge in [-0.1, -0.05) is 24.1 Å². The maximum Gasteiger partial charge on any atom is 0.129 e. The van der Waals surface area contributed by atoms with Gasteiger partial charge >= 0.3 is 0 Å². The zero-order chi connectivity index (χ0) is 14.3. The first-order valence-corrected chi connectivity index (χ1v) is 7.33. The van der Waals surface area contributed by atoms with Crippen molar-refractivity contribution in [3.8, 4) is 11.3 Å². The Morgan fingerprint density at radius 1 is 1.19 bits per heavy atom. The Labute approximate surface area is 126 Å². The van der Waals surface area contributed by atoms with Gasteiger partial charge in [0.2, 0.25) is 0 Å². The summed E-state index contributed by atoms with van der Waals surface area (Å²) in [6, 6.07) is 6.02. The van der Waals surface area contributed by atoms with Crippen LogP contribution in [0.15, 0.2) is 36.8 Å². The quantitative estimate of drug-likeness (QED) is 0.729. The van der Waals surface area contributed by atoms with E-state index in [1.165, 1.54) is 12.0 Å². The van der Waals surface area contributed by atoms with Crippen molar-refractivity contribution < 1.29 is 0 Å². The van der Waals surface area contributed by atoms with Gasteiger partial charge in [-0.2, -0.15) is 10.2 Å². The molecule has 0 bridgehead atoms. The monoisotopic (exact) mass is 299 g/mol. The molecule has 3 aromatic heterocycles. The summed E-state index contributed by atoms with van der Waals surface area (Å²) in [5, 5.41) is 14.9. The van der Waals surface area contributed by atoms with Gasteiger partial charge in [-0.3, -0.25) is 10.2 Å². The predicted molar refractivity (Wildman–Crippen MR) is 80.0 cm³/mol. The molecule has 6 heteroatoms. The van der Waals surface area contributed by atoms with Crippen LogP contribution >= 0.6 is 11.6 Å². The van der Waals surface area contributed by atoms with Gasteiger partial charge in [-0.05, 0) is 30.5 Å². The Morgan fingerprint density at radius 3 is 2.71 bits per heavy atom. The van der Waals surface area contributed by atoms with Crippen LogP contribution in [0.3, 0.4) is 0 Å². The topological polar surface area (TPSA) is 70.2 Å². The molecule has 0 unspecified atom stereocenters. The Balaban J connectivity index is 1.75.